The molecule has 0 atom stereocenters. The van der Waals surface area contributed by atoms with Crippen LogP contribution < -0.4 is 0 Å². The summed E-state index contributed by atoms with van der Waals surface area (Å²) >= 11 is 0. The van der Waals surface area contributed by atoms with E-state index in [4.69, 9.17) is 15.0 Å². The molecule has 0 spiro atoms. The zero-order chi connectivity index (χ0) is 28.3. The number of nitrogens with zero attached hydrogens (tertiary/aromatic N) is 4. The maximum absolute atomic E-state index is 9.86. The van der Waals surface area contributed by atoms with Gasteiger partial charge in [0, 0.05) is 22.3 Å². The van der Waals surface area contributed by atoms with E-state index in [1.54, 1.807) is 0 Å². The lowest BCUT2D eigenvalue weighted by Gasteiger charge is -2.14. The highest BCUT2D eigenvalue weighted by atomic mass is 15.0. The van der Waals surface area contributed by atoms with E-state index >= 15 is 0 Å². The van der Waals surface area contributed by atoms with E-state index < -0.39 is 0 Å². The quantitative estimate of drug-likeness (QED) is 0.220. The Morgan fingerprint density at radius 2 is 0.810 bits per heavy atom. The van der Waals surface area contributed by atoms with Crippen LogP contribution in [0.3, 0.4) is 0 Å². The summed E-state index contributed by atoms with van der Waals surface area (Å²) in [7, 11) is 0. The molecule has 0 unspecified atom stereocenters. The Morgan fingerprint density at radius 3 is 1.36 bits per heavy atom. The molecule has 0 amide bonds. The molecule has 42 heavy (non-hydrogen) atoms. The van der Waals surface area contributed by atoms with Crippen LogP contribution >= 0.6 is 0 Å². The van der Waals surface area contributed by atoms with E-state index in [1.165, 1.54) is 0 Å². The molecule has 0 N–H and O–H groups in total. The predicted molar refractivity (Wildman–Crippen MR) is 169 cm³/mol. The average Bonchev–Trinajstić information content (AvgIpc) is 3.08. The third kappa shape index (κ3) is 4.81. The molecule has 0 aliphatic heterocycles. The second kappa shape index (κ2) is 10.9. The first kappa shape index (κ1) is 25.1. The molecule has 7 aromatic rings. The Balaban J connectivity index is 1.36. The normalized spacial score (nSPS) is 10.8. The summed E-state index contributed by atoms with van der Waals surface area (Å²) in [6.07, 6.45) is 0. The molecule has 7 rings (SSSR count). The molecule has 1 aromatic heterocycles. The SMILES string of the molecule is N#Cc1ccccc1-c1cc2ccccc2cc1-c1ccc(-c2nc(-c3ccccc3)nc(-c3ccccc3)n2)cc1. The monoisotopic (exact) mass is 536 g/mol. The van der Waals surface area contributed by atoms with Crippen molar-refractivity contribution in [1.82, 2.24) is 15.0 Å². The summed E-state index contributed by atoms with van der Waals surface area (Å²) in [5.41, 5.74) is 7.48. The zero-order valence-corrected chi connectivity index (χ0v) is 22.6. The summed E-state index contributed by atoms with van der Waals surface area (Å²) in [4.78, 5) is 14.6. The molecule has 0 saturated heterocycles. The van der Waals surface area contributed by atoms with Crippen LogP contribution in [-0.2, 0) is 0 Å². The van der Waals surface area contributed by atoms with E-state index in [-0.39, 0.29) is 0 Å². The highest BCUT2D eigenvalue weighted by Gasteiger charge is 2.15. The molecule has 0 aliphatic rings. The predicted octanol–water partition coefficient (Wildman–Crippen LogP) is 9.23. The molecule has 0 fully saturated rings. The molecule has 6 aromatic carbocycles. The van der Waals surface area contributed by atoms with Crippen molar-refractivity contribution >= 4 is 10.8 Å². The van der Waals surface area contributed by atoms with Crippen molar-refractivity contribution in [1.29, 1.82) is 5.26 Å². The molecule has 4 heteroatoms. The molecule has 196 valence electrons. The summed E-state index contributed by atoms with van der Waals surface area (Å²) in [5, 5.41) is 12.1. The van der Waals surface area contributed by atoms with Gasteiger partial charge in [0.2, 0.25) is 0 Å². The van der Waals surface area contributed by atoms with Crippen molar-refractivity contribution < 1.29 is 0 Å². The maximum Gasteiger partial charge on any atom is 0.164 e. The minimum Gasteiger partial charge on any atom is -0.208 e. The number of benzene rings is 6. The van der Waals surface area contributed by atoms with Crippen LogP contribution in [-0.4, -0.2) is 15.0 Å². The fourth-order valence-electron chi connectivity index (χ4n) is 5.25. The van der Waals surface area contributed by atoms with Crippen LogP contribution in [0.4, 0.5) is 0 Å². The van der Waals surface area contributed by atoms with Gasteiger partial charge in [-0.2, -0.15) is 5.26 Å². The fraction of sp³-hybridized carbons (Fsp3) is 0. The van der Waals surface area contributed by atoms with Crippen LogP contribution in [0.25, 0.3) is 67.2 Å². The summed E-state index contributed by atoms with van der Waals surface area (Å²) in [6, 6.07) is 51.1. The smallest absolute Gasteiger partial charge is 0.164 e. The van der Waals surface area contributed by atoms with Crippen LogP contribution in [0.5, 0.6) is 0 Å². The van der Waals surface area contributed by atoms with Crippen molar-refractivity contribution in [2.24, 2.45) is 0 Å². The minimum atomic E-state index is 0.614. The third-order valence-corrected chi connectivity index (χ3v) is 7.38. The Hall–Kier alpha value is -5.92. The van der Waals surface area contributed by atoms with E-state index in [9.17, 15) is 5.26 Å². The van der Waals surface area contributed by atoms with Crippen LogP contribution in [0.2, 0.25) is 0 Å². The van der Waals surface area contributed by atoms with Crippen LogP contribution in [0.1, 0.15) is 5.56 Å². The minimum absolute atomic E-state index is 0.614. The molecule has 0 aliphatic carbocycles. The first-order valence-corrected chi connectivity index (χ1v) is 13.8. The lowest BCUT2D eigenvalue weighted by molar-refractivity contribution is 1.07. The van der Waals surface area contributed by atoms with Gasteiger partial charge in [0.1, 0.15) is 0 Å². The van der Waals surface area contributed by atoms with Crippen molar-refractivity contribution in [3.8, 4) is 62.5 Å². The Labute approximate surface area is 244 Å². The van der Waals surface area contributed by atoms with Gasteiger partial charge < -0.3 is 0 Å². The highest BCUT2D eigenvalue weighted by Crippen LogP contribution is 2.38. The molecule has 0 radical (unpaired) electrons. The van der Waals surface area contributed by atoms with Gasteiger partial charge in [-0.3, -0.25) is 0 Å². The van der Waals surface area contributed by atoms with E-state index in [0.717, 1.165) is 49.7 Å². The van der Waals surface area contributed by atoms with Gasteiger partial charge in [0.05, 0.1) is 11.6 Å². The number of hydrogen-bond acceptors (Lipinski definition) is 4. The molecule has 1 heterocycles. The first-order valence-electron chi connectivity index (χ1n) is 13.8. The lowest BCUT2D eigenvalue weighted by atomic mass is 9.89. The van der Waals surface area contributed by atoms with Gasteiger partial charge in [-0.05, 0) is 45.7 Å². The Kier molecular flexibility index (Phi) is 6.52. The standard InChI is InChI=1S/C38H24N4/c39-25-32-17-9-10-18-33(32)35-24-31-16-8-7-15-30(31)23-34(35)26-19-21-29(22-20-26)38-41-36(27-11-3-1-4-12-27)40-37(42-38)28-13-5-2-6-14-28/h1-24H. The number of fused-ring (bicyclic) bond motifs is 1. The summed E-state index contributed by atoms with van der Waals surface area (Å²) < 4.78 is 0. The molecule has 0 bridgehead atoms. The van der Waals surface area contributed by atoms with Crippen LogP contribution in [0.15, 0.2) is 146 Å². The highest BCUT2D eigenvalue weighted by molar-refractivity contribution is 5.97. The molecule has 0 saturated carbocycles. The average molecular weight is 537 g/mol. The van der Waals surface area contributed by atoms with Crippen molar-refractivity contribution in [2.75, 3.05) is 0 Å². The van der Waals surface area contributed by atoms with Crippen molar-refractivity contribution in [3.63, 3.8) is 0 Å². The van der Waals surface area contributed by atoms with Crippen molar-refractivity contribution in [3.05, 3.63) is 151 Å². The Morgan fingerprint density at radius 1 is 0.381 bits per heavy atom. The second-order valence-electron chi connectivity index (χ2n) is 10.0. The number of rotatable bonds is 5. The zero-order valence-electron chi connectivity index (χ0n) is 22.6. The van der Waals surface area contributed by atoms with Gasteiger partial charge in [0.25, 0.3) is 0 Å². The van der Waals surface area contributed by atoms with Crippen molar-refractivity contribution in [2.45, 2.75) is 0 Å². The summed E-state index contributed by atoms with van der Waals surface area (Å²) in [6.45, 7) is 0. The third-order valence-electron chi connectivity index (χ3n) is 7.38. The van der Waals surface area contributed by atoms with Gasteiger partial charge in [-0.25, -0.2) is 15.0 Å². The van der Waals surface area contributed by atoms with Gasteiger partial charge in [-0.1, -0.05) is 127 Å². The van der Waals surface area contributed by atoms with Gasteiger partial charge in [-0.15, -0.1) is 0 Å². The second-order valence-corrected chi connectivity index (χ2v) is 10.0. The van der Waals surface area contributed by atoms with Gasteiger partial charge in [0.15, 0.2) is 17.5 Å². The molecular formula is C38H24N4. The molecular weight excluding hydrogens is 512 g/mol. The number of nitriles is 1. The number of hydrogen-bond donors (Lipinski definition) is 0. The maximum atomic E-state index is 9.86. The van der Waals surface area contributed by atoms with Gasteiger partial charge >= 0.3 is 0 Å². The van der Waals surface area contributed by atoms with E-state index in [0.29, 0.717) is 23.0 Å². The van der Waals surface area contributed by atoms with E-state index in [2.05, 4.69) is 54.6 Å². The lowest BCUT2D eigenvalue weighted by Crippen LogP contribution is -2.00. The Bertz CT molecular complexity index is 2020. The van der Waals surface area contributed by atoms with Crippen LogP contribution in [0, 0.1) is 11.3 Å². The van der Waals surface area contributed by atoms with E-state index in [1.807, 2.05) is 97.1 Å². The largest absolute Gasteiger partial charge is 0.208 e. The first-order chi connectivity index (χ1) is 20.8. The number of aromatic nitrogens is 3. The summed E-state index contributed by atoms with van der Waals surface area (Å²) in [5.74, 6) is 1.88. The molecule has 4 nitrogen and oxygen atoms in total. The fourth-order valence-corrected chi connectivity index (χ4v) is 5.25. The topological polar surface area (TPSA) is 62.5 Å².